The van der Waals surface area contributed by atoms with Gasteiger partial charge in [-0.15, -0.1) is 0 Å². The van der Waals surface area contributed by atoms with Gasteiger partial charge in [-0.1, -0.05) is 13.8 Å². The van der Waals surface area contributed by atoms with Gasteiger partial charge in [0.15, 0.2) is 0 Å². The summed E-state index contributed by atoms with van der Waals surface area (Å²) < 4.78 is 0. The van der Waals surface area contributed by atoms with Crippen molar-refractivity contribution in [3.05, 3.63) is 11.8 Å². The van der Waals surface area contributed by atoms with E-state index in [1.165, 1.54) is 45.4 Å². The highest BCUT2D eigenvalue weighted by molar-refractivity contribution is 5.10. The van der Waals surface area contributed by atoms with Crippen LogP contribution in [0.4, 0.5) is 0 Å². The van der Waals surface area contributed by atoms with Crippen LogP contribution in [0.1, 0.15) is 47.0 Å². The summed E-state index contributed by atoms with van der Waals surface area (Å²) in [5.41, 5.74) is 1.68. The van der Waals surface area contributed by atoms with Crippen LogP contribution < -0.4 is 0 Å². The lowest BCUT2D eigenvalue weighted by atomic mass is 9.92. The average molecular weight is 250 g/mol. The summed E-state index contributed by atoms with van der Waals surface area (Å²) >= 11 is 0. The van der Waals surface area contributed by atoms with Crippen LogP contribution >= 0.6 is 0 Å². The van der Waals surface area contributed by atoms with Gasteiger partial charge in [-0.3, -0.25) is 0 Å². The van der Waals surface area contributed by atoms with Crippen molar-refractivity contribution in [3.8, 4) is 0 Å². The molecule has 2 aliphatic heterocycles. The molecule has 2 aliphatic rings. The predicted molar refractivity (Wildman–Crippen MR) is 78.5 cm³/mol. The Labute approximate surface area is 113 Å². The molecule has 0 aromatic carbocycles. The molecule has 2 fully saturated rings. The zero-order valence-electron chi connectivity index (χ0n) is 12.7. The highest BCUT2D eigenvalue weighted by atomic mass is 15.2. The third-order valence-electron chi connectivity index (χ3n) is 4.73. The van der Waals surface area contributed by atoms with Crippen molar-refractivity contribution >= 4 is 0 Å². The molecular weight excluding hydrogens is 220 g/mol. The third kappa shape index (κ3) is 3.50. The van der Waals surface area contributed by atoms with Crippen LogP contribution in [0, 0.1) is 11.8 Å². The molecule has 0 amide bonds. The lowest BCUT2D eigenvalue weighted by molar-refractivity contribution is 0.174. The number of hydrogen-bond donors (Lipinski definition) is 0. The minimum absolute atomic E-state index is 0.699. The van der Waals surface area contributed by atoms with Gasteiger partial charge in [0.1, 0.15) is 0 Å². The molecule has 0 saturated carbocycles. The molecule has 0 aromatic rings. The fraction of sp³-hybridized carbons (Fsp3) is 0.875. The van der Waals surface area contributed by atoms with Crippen LogP contribution in [0.3, 0.4) is 0 Å². The van der Waals surface area contributed by atoms with Crippen molar-refractivity contribution in [2.45, 2.75) is 53.0 Å². The first kappa shape index (κ1) is 13.9. The molecule has 2 heteroatoms. The Bertz CT molecular complexity index is 287. The molecule has 0 spiro atoms. The van der Waals surface area contributed by atoms with E-state index in [0.29, 0.717) is 6.04 Å². The monoisotopic (exact) mass is 250 g/mol. The maximum atomic E-state index is 2.61. The summed E-state index contributed by atoms with van der Waals surface area (Å²) in [5, 5.41) is 0. The van der Waals surface area contributed by atoms with Gasteiger partial charge in [0, 0.05) is 32.2 Å². The Hall–Kier alpha value is -0.500. The zero-order valence-corrected chi connectivity index (χ0v) is 12.7. The zero-order chi connectivity index (χ0) is 13.1. The molecule has 0 aliphatic carbocycles. The molecule has 18 heavy (non-hydrogen) atoms. The summed E-state index contributed by atoms with van der Waals surface area (Å²) in [7, 11) is 0. The van der Waals surface area contributed by atoms with Crippen molar-refractivity contribution in [2.24, 2.45) is 11.8 Å². The first-order valence-corrected chi connectivity index (χ1v) is 7.75. The molecule has 0 bridgehead atoms. The molecule has 0 N–H and O–H groups in total. The fourth-order valence-corrected chi connectivity index (χ4v) is 3.13. The Morgan fingerprint density at radius 1 is 1.11 bits per heavy atom. The molecule has 0 unspecified atom stereocenters. The summed E-state index contributed by atoms with van der Waals surface area (Å²) in [6.45, 7) is 14.4. The molecule has 2 rings (SSSR count). The second-order valence-electron chi connectivity index (χ2n) is 6.66. The van der Waals surface area contributed by atoms with Gasteiger partial charge in [-0.25, -0.2) is 0 Å². The molecule has 2 heterocycles. The summed E-state index contributed by atoms with van der Waals surface area (Å²) in [6, 6.07) is 0.699. The number of likely N-dealkylation sites (tertiary alicyclic amines) is 2. The highest BCUT2D eigenvalue weighted by Gasteiger charge is 2.23. The van der Waals surface area contributed by atoms with Crippen LogP contribution in [0.15, 0.2) is 11.8 Å². The molecule has 2 saturated heterocycles. The van der Waals surface area contributed by atoms with Crippen molar-refractivity contribution in [3.63, 3.8) is 0 Å². The molecule has 0 aromatic heterocycles. The van der Waals surface area contributed by atoms with Crippen LogP contribution in [-0.2, 0) is 0 Å². The minimum Gasteiger partial charge on any atom is -0.377 e. The van der Waals surface area contributed by atoms with Crippen molar-refractivity contribution in [2.75, 3.05) is 26.2 Å². The van der Waals surface area contributed by atoms with Gasteiger partial charge in [0.2, 0.25) is 0 Å². The van der Waals surface area contributed by atoms with Gasteiger partial charge in [0.05, 0.1) is 0 Å². The Morgan fingerprint density at radius 2 is 1.78 bits per heavy atom. The van der Waals surface area contributed by atoms with Gasteiger partial charge in [0.25, 0.3) is 0 Å². The highest BCUT2D eigenvalue weighted by Crippen LogP contribution is 2.25. The largest absolute Gasteiger partial charge is 0.377 e. The van der Waals surface area contributed by atoms with E-state index >= 15 is 0 Å². The molecule has 0 radical (unpaired) electrons. The van der Waals surface area contributed by atoms with E-state index in [9.17, 15) is 0 Å². The number of nitrogens with zero attached hydrogens (tertiary/aromatic N) is 2. The van der Waals surface area contributed by atoms with Gasteiger partial charge in [-0.2, -0.15) is 0 Å². The van der Waals surface area contributed by atoms with Crippen LogP contribution in [0.25, 0.3) is 0 Å². The van der Waals surface area contributed by atoms with Crippen molar-refractivity contribution < 1.29 is 0 Å². The summed E-state index contributed by atoms with van der Waals surface area (Å²) in [4.78, 5) is 5.18. The average Bonchev–Trinajstić information content (AvgIpc) is 2.34. The quantitative estimate of drug-likeness (QED) is 0.741. The first-order valence-electron chi connectivity index (χ1n) is 7.75. The number of hydrogen-bond acceptors (Lipinski definition) is 2. The van der Waals surface area contributed by atoms with E-state index in [0.717, 1.165) is 11.8 Å². The standard InChI is InChI=1S/C16H30N2/c1-13(2)18-10-7-16(15(4)11-18)12-17-8-5-14(3)6-9-17/h12-15H,5-11H2,1-4H3/b16-12-/t15-/m1/s1. The predicted octanol–water partition coefficient (Wildman–Crippen LogP) is 3.35. The molecule has 2 nitrogen and oxygen atoms in total. The smallest absolute Gasteiger partial charge is 0.0175 e. The fourth-order valence-electron chi connectivity index (χ4n) is 3.13. The lowest BCUT2D eigenvalue weighted by Gasteiger charge is -2.37. The summed E-state index contributed by atoms with van der Waals surface area (Å²) in [6.07, 6.45) is 6.51. The van der Waals surface area contributed by atoms with Crippen molar-refractivity contribution in [1.29, 1.82) is 0 Å². The topological polar surface area (TPSA) is 6.48 Å². The Balaban J connectivity index is 1.89. The van der Waals surface area contributed by atoms with Crippen LogP contribution in [0.2, 0.25) is 0 Å². The normalized spacial score (nSPS) is 30.4. The van der Waals surface area contributed by atoms with E-state index in [2.05, 4.69) is 43.7 Å². The second kappa shape index (κ2) is 6.10. The Kier molecular flexibility index (Phi) is 4.71. The maximum Gasteiger partial charge on any atom is 0.0175 e. The van der Waals surface area contributed by atoms with Crippen molar-refractivity contribution in [1.82, 2.24) is 9.80 Å². The second-order valence-corrected chi connectivity index (χ2v) is 6.66. The van der Waals surface area contributed by atoms with E-state index in [1.807, 2.05) is 0 Å². The van der Waals surface area contributed by atoms with E-state index in [4.69, 9.17) is 0 Å². The number of rotatable bonds is 2. The number of piperidine rings is 2. The van der Waals surface area contributed by atoms with Gasteiger partial charge < -0.3 is 9.80 Å². The van der Waals surface area contributed by atoms with Gasteiger partial charge in [-0.05, 0) is 56.7 Å². The first-order chi connectivity index (χ1) is 8.56. The minimum atomic E-state index is 0.699. The van der Waals surface area contributed by atoms with E-state index in [-0.39, 0.29) is 0 Å². The molecular formula is C16H30N2. The van der Waals surface area contributed by atoms with Crippen LogP contribution in [0.5, 0.6) is 0 Å². The lowest BCUT2D eigenvalue weighted by Crippen LogP contribution is -2.40. The van der Waals surface area contributed by atoms with E-state index < -0.39 is 0 Å². The SMILES string of the molecule is CC1CCN(/C=C2/CCN(C(C)C)C[C@H]2C)CC1. The summed E-state index contributed by atoms with van der Waals surface area (Å²) in [5.74, 6) is 1.67. The van der Waals surface area contributed by atoms with E-state index in [1.54, 1.807) is 5.57 Å². The van der Waals surface area contributed by atoms with Gasteiger partial charge >= 0.3 is 0 Å². The third-order valence-corrected chi connectivity index (χ3v) is 4.73. The maximum absolute atomic E-state index is 2.61. The molecule has 1 atom stereocenters. The Morgan fingerprint density at radius 3 is 2.33 bits per heavy atom. The molecule has 104 valence electrons. The van der Waals surface area contributed by atoms with Crippen LogP contribution in [-0.4, -0.2) is 42.0 Å².